The molecule has 0 saturated heterocycles. The van der Waals surface area contributed by atoms with Crippen LogP contribution in [0.1, 0.15) is 18.5 Å². The second-order valence-electron chi connectivity index (χ2n) is 6.10. The summed E-state index contributed by atoms with van der Waals surface area (Å²) in [7, 11) is -3.30. The van der Waals surface area contributed by atoms with Crippen LogP contribution >= 0.6 is 15.9 Å². The molecule has 13 heteroatoms. The van der Waals surface area contributed by atoms with E-state index in [4.69, 9.17) is 14.3 Å². The van der Waals surface area contributed by atoms with E-state index in [2.05, 4.69) is 31.4 Å². The average Bonchev–Trinajstić information content (AvgIpc) is 3.28. The van der Waals surface area contributed by atoms with Gasteiger partial charge < -0.3 is 5.11 Å². The smallest absolute Gasteiger partial charge is 0.396 e. The fourth-order valence-corrected chi connectivity index (χ4v) is 4.36. The van der Waals surface area contributed by atoms with Crippen molar-refractivity contribution in [3.63, 3.8) is 0 Å². The van der Waals surface area contributed by atoms with Crippen LogP contribution in [0.25, 0.3) is 17.2 Å². The second kappa shape index (κ2) is 8.97. The highest BCUT2D eigenvalue weighted by molar-refractivity contribution is 9.10. The number of hydrogen-bond donors (Lipinski definition) is 1. The molecule has 3 aromatic rings. The highest BCUT2D eigenvalue weighted by Gasteiger charge is 2.23. The van der Waals surface area contributed by atoms with Crippen molar-refractivity contribution < 1.29 is 27.1 Å². The van der Waals surface area contributed by atoms with Crippen molar-refractivity contribution in [1.82, 2.24) is 20.0 Å². The number of rotatable bonds is 9. The summed E-state index contributed by atoms with van der Waals surface area (Å²) in [5, 5.41) is 20.0. The zero-order chi connectivity index (χ0) is 21.0. The van der Waals surface area contributed by atoms with Gasteiger partial charge in [0.15, 0.2) is 5.69 Å². The molecule has 2 aromatic heterocycles. The zero-order valence-electron chi connectivity index (χ0n) is 14.9. The molecule has 0 radical (unpaired) electrons. The molecule has 2 heterocycles. The first-order valence-electron chi connectivity index (χ1n) is 8.49. The van der Waals surface area contributed by atoms with Crippen LogP contribution in [0.15, 0.2) is 36.6 Å². The summed E-state index contributed by atoms with van der Waals surface area (Å²) < 4.78 is 48.0. The molecule has 10 nitrogen and oxygen atoms in total. The van der Waals surface area contributed by atoms with Gasteiger partial charge in [0.2, 0.25) is 5.82 Å². The van der Waals surface area contributed by atoms with E-state index in [0.717, 1.165) is 4.57 Å². The zero-order valence-corrected chi connectivity index (χ0v) is 17.3. The van der Waals surface area contributed by atoms with Gasteiger partial charge in [-0.05, 0) is 58.5 Å². The first-order chi connectivity index (χ1) is 13.8. The van der Waals surface area contributed by atoms with E-state index in [1.165, 1.54) is 18.2 Å². The van der Waals surface area contributed by atoms with Crippen molar-refractivity contribution in [3.8, 4) is 17.2 Å². The molecule has 0 atom stereocenters. The number of aliphatic hydroxyl groups is 1. The Hall–Kier alpha value is -2.38. The van der Waals surface area contributed by atoms with E-state index in [-0.39, 0.29) is 59.1 Å². The topological polar surface area (TPSA) is 141 Å². The number of benzene rings is 1. The number of sulfone groups is 1. The molecular weight excluding hydrogens is 475 g/mol. The number of aromatic nitrogens is 4. The van der Waals surface area contributed by atoms with Gasteiger partial charge in [-0.2, -0.15) is 0 Å². The lowest BCUT2D eigenvalue weighted by molar-refractivity contribution is 0.295. The predicted molar refractivity (Wildman–Crippen MR) is 102 cm³/mol. The van der Waals surface area contributed by atoms with Gasteiger partial charge in [-0.15, -0.1) is 0 Å². The van der Waals surface area contributed by atoms with E-state index in [1.807, 2.05) is 0 Å². The van der Waals surface area contributed by atoms with E-state index in [0.29, 0.717) is 5.69 Å². The summed E-state index contributed by atoms with van der Waals surface area (Å²) in [5.74, 6) is -1.54. The maximum atomic E-state index is 13.5. The highest BCUT2D eigenvalue weighted by atomic mass is 79.9. The Balaban J connectivity index is 1.84. The van der Waals surface area contributed by atoms with Crippen LogP contribution in [0.3, 0.4) is 0 Å². The first-order valence-corrected chi connectivity index (χ1v) is 11.1. The standard InChI is InChI=1S/C16H16BrFN4O6S/c17-11-9-10(4-5-12(11)18)22-15(21-27-16(22)24)14-13(19-28-20-14)3-1-7-29(25,26)8-2-6-23/h4-5,9,23H,1-3,6-8H2. The van der Waals surface area contributed by atoms with Gasteiger partial charge >= 0.3 is 5.76 Å². The molecule has 0 amide bonds. The SMILES string of the molecule is O=c1onc(-c2nonc2CCCS(=O)(=O)CCCO)n1-c1ccc(F)c(Br)c1. The first kappa shape index (κ1) is 21.3. The maximum Gasteiger partial charge on any atom is 0.446 e. The van der Waals surface area contributed by atoms with Gasteiger partial charge in [-0.25, -0.2) is 26.8 Å². The van der Waals surface area contributed by atoms with Crippen LogP contribution < -0.4 is 5.76 Å². The molecule has 1 N–H and O–H groups in total. The van der Waals surface area contributed by atoms with Crippen LogP contribution in [0, 0.1) is 5.82 Å². The predicted octanol–water partition coefficient (Wildman–Crippen LogP) is 1.51. The Bertz CT molecular complexity index is 1160. The average molecular weight is 491 g/mol. The molecule has 0 unspecified atom stereocenters. The van der Waals surface area contributed by atoms with Gasteiger partial charge in [0.25, 0.3) is 0 Å². The highest BCUT2D eigenvalue weighted by Crippen LogP contribution is 2.24. The molecular formula is C16H16BrFN4O6S. The monoisotopic (exact) mass is 490 g/mol. The molecule has 1 aromatic carbocycles. The molecule has 29 heavy (non-hydrogen) atoms. The largest absolute Gasteiger partial charge is 0.446 e. The molecule has 0 aliphatic carbocycles. The number of nitrogens with zero attached hydrogens (tertiary/aromatic N) is 4. The fourth-order valence-electron chi connectivity index (χ4n) is 2.64. The molecule has 0 aliphatic rings. The van der Waals surface area contributed by atoms with Gasteiger partial charge in [0.1, 0.15) is 21.3 Å². The van der Waals surface area contributed by atoms with Crippen LogP contribution in [-0.2, 0) is 16.3 Å². The lowest BCUT2D eigenvalue weighted by Gasteiger charge is -2.05. The number of aryl methyl sites for hydroxylation is 1. The van der Waals surface area contributed by atoms with Crippen LogP contribution in [0.4, 0.5) is 4.39 Å². The molecule has 3 rings (SSSR count). The third kappa shape index (κ3) is 4.97. The summed E-state index contributed by atoms with van der Waals surface area (Å²) in [6.07, 6.45) is 0.613. The van der Waals surface area contributed by atoms with E-state index in [9.17, 15) is 17.6 Å². The second-order valence-corrected chi connectivity index (χ2v) is 9.26. The summed E-state index contributed by atoms with van der Waals surface area (Å²) >= 11 is 3.05. The molecule has 0 saturated carbocycles. The van der Waals surface area contributed by atoms with Crippen LogP contribution in [0.5, 0.6) is 0 Å². The Labute approximate surface area is 172 Å². The van der Waals surface area contributed by atoms with E-state index in [1.54, 1.807) is 0 Å². The Morgan fingerprint density at radius 1 is 1.17 bits per heavy atom. The fraction of sp³-hybridized carbons (Fsp3) is 0.375. The van der Waals surface area contributed by atoms with E-state index >= 15 is 0 Å². The lowest BCUT2D eigenvalue weighted by Crippen LogP contribution is -2.14. The minimum atomic E-state index is -3.30. The van der Waals surface area contributed by atoms with Crippen LogP contribution in [0.2, 0.25) is 0 Å². The number of halogens is 2. The van der Waals surface area contributed by atoms with Crippen molar-refractivity contribution in [2.24, 2.45) is 0 Å². The Morgan fingerprint density at radius 3 is 2.66 bits per heavy atom. The Kier molecular flexibility index (Phi) is 6.59. The third-order valence-corrected chi connectivity index (χ3v) is 6.45. The van der Waals surface area contributed by atoms with Gasteiger partial charge in [-0.3, -0.25) is 4.52 Å². The van der Waals surface area contributed by atoms with Gasteiger partial charge in [0, 0.05) is 6.61 Å². The Morgan fingerprint density at radius 2 is 1.93 bits per heavy atom. The molecule has 0 bridgehead atoms. The normalized spacial score (nSPS) is 11.8. The van der Waals surface area contributed by atoms with E-state index < -0.39 is 21.4 Å². The lowest BCUT2D eigenvalue weighted by atomic mass is 10.2. The minimum Gasteiger partial charge on any atom is -0.396 e. The summed E-state index contributed by atoms with van der Waals surface area (Å²) in [6, 6.07) is 3.91. The van der Waals surface area contributed by atoms with Gasteiger partial charge in [0.05, 0.1) is 21.7 Å². The number of aliphatic hydroxyl groups excluding tert-OH is 1. The molecule has 0 spiro atoms. The van der Waals surface area contributed by atoms with Crippen molar-refractivity contribution in [2.45, 2.75) is 19.3 Å². The summed E-state index contributed by atoms with van der Waals surface area (Å²) in [5.41, 5.74) is 0.690. The van der Waals surface area contributed by atoms with Crippen molar-refractivity contribution in [2.75, 3.05) is 18.1 Å². The molecule has 0 fully saturated rings. The third-order valence-electron chi connectivity index (χ3n) is 4.02. The van der Waals surface area contributed by atoms with Crippen molar-refractivity contribution >= 4 is 25.8 Å². The van der Waals surface area contributed by atoms with Crippen molar-refractivity contribution in [1.29, 1.82) is 0 Å². The summed E-state index contributed by atoms with van der Waals surface area (Å²) in [4.78, 5) is 12.1. The summed E-state index contributed by atoms with van der Waals surface area (Å²) in [6.45, 7) is -0.195. The van der Waals surface area contributed by atoms with Crippen LogP contribution in [-0.4, -0.2) is 51.7 Å². The molecule has 0 aliphatic heterocycles. The molecule has 156 valence electrons. The van der Waals surface area contributed by atoms with Gasteiger partial charge in [-0.1, -0.05) is 10.3 Å². The van der Waals surface area contributed by atoms with Crippen molar-refractivity contribution in [3.05, 3.63) is 44.7 Å². The minimum absolute atomic E-state index is 0.00658. The maximum absolute atomic E-state index is 13.5. The quantitative estimate of drug-likeness (QED) is 0.471. The number of hydrogen-bond acceptors (Lipinski definition) is 9.